The number of nitrogens with zero attached hydrogens (tertiary/aromatic N) is 3. The maximum absolute atomic E-state index is 11.8. The molecule has 1 amide bonds. The number of nitrogens with two attached hydrogens (primary N) is 1. The van der Waals surface area contributed by atoms with Gasteiger partial charge in [-0.3, -0.25) is 9.63 Å². The number of nitriles is 1. The molecular formula is C16H20N4O2. The summed E-state index contributed by atoms with van der Waals surface area (Å²) in [5.74, 6) is -0.538. The molecule has 0 aromatic heterocycles. The van der Waals surface area contributed by atoms with Gasteiger partial charge in [0, 0.05) is 11.7 Å². The number of rotatable bonds is 4. The van der Waals surface area contributed by atoms with E-state index >= 15 is 0 Å². The number of carbonyl (C=O) groups excluding carboxylic acids is 1. The third-order valence-corrected chi connectivity index (χ3v) is 3.74. The molecule has 6 heteroatoms. The number of hydrogen-bond donors (Lipinski definition) is 1. The van der Waals surface area contributed by atoms with Gasteiger partial charge in [0.05, 0.1) is 18.7 Å². The molecule has 0 radical (unpaired) electrons. The molecule has 0 aliphatic carbocycles. The van der Waals surface area contributed by atoms with Gasteiger partial charge in [0.15, 0.2) is 6.17 Å². The average molecular weight is 300 g/mol. The molecule has 1 atom stereocenters. The summed E-state index contributed by atoms with van der Waals surface area (Å²) < 4.78 is 0. The standard InChI is InChI=1S/C16H20N4O2/c1-10(2)19-11(3)14(15(18)21)20(22-4)16(19)13-7-5-6-12(8-13)9-17/h5-8,10,16H,1-4H3,(H2,18,21). The molecule has 0 spiro atoms. The van der Waals surface area contributed by atoms with Crippen LogP contribution in [0.3, 0.4) is 0 Å². The van der Waals surface area contributed by atoms with Crippen LogP contribution in [-0.2, 0) is 9.63 Å². The molecular weight excluding hydrogens is 280 g/mol. The Hall–Kier alpha value is -2.52. The first-order valence-electron chi connectivity index (χ1n) is 7.04. The molecule has 0 saturated heterocycles. The summed E-state index contributed by atoms with van der Waals surface area (Å²) in [7, 11) is 1.50. The van der Waals surface area contributed by atoms with Crippen molar-refractivity contribution in [3.05, 3.63) is 46.8 Å². The molecule has 1 aromatic carbocycles. The molecule has 0 saturated carbocycles. The van der Waals surface area contributed by atoms with Crippen molar-refractivity contribution in [1.29, 1.82) is 5.26 Å². The second-order valence-corrected chi connectivity index (χ2v) is 5.42. The molecule has 1 aliphatic rings. The monoisotopic (exact) mass is 300 g/mol. The Kier molecular flexibility index (Phi) is 4.38. The zero-order chi connectivity index (χ0) is 16.4. The lowest BCUT2D eigenvalue weighted by Gasteiger charge is -2.35. The van der Waals surface area contributed by atoms with Gasteiger partial charge in [-0.2, -0.15) is 5.26 Å². The largest absolute Gasteiger partial charge is 0.364 e. The van der Waals surface area contributed by atoms with E-state index in [4.69, 9.17) is 15.8 Å². The lowest BCUT2D eigenvalue weighted by atomic mass is 10.1. The molecule has 1 heterocycles. The van der Waals surface area contributed by atoms with E-state index in [9.17, 15) is 4.79 Å². The van der Waals surface area contributed by atoms with Crippen molar-refractivity contribution in [3.8, 4) is 6.07 Å². The zero-order valence-corrected chi connectivity index (χ0v) is 13.2. The van der Waals surface area contributed by atoms with E-state index in [-0.39, 0.29) is 12.2 Å². The van der Waals surface area contributed by atoms with Crippen molar-refractivity contribution in [2.24, 2.45) is 5.73 Å². The van der Waals surface area contributed by atoms with Crippen molar-refractivity contribution in [2.75, 3.05) is 7.11 Å². The van der Waals surface area contributed by atoms with Crippen molar-refractivity contribution < 1.29 is 9.63 Å². The van der Waals surface area contributed by atoms with Crippen LogP contribution < -0.4 is 5.73 Å². The second kappa shape index (κ2) is 6.08. The summed E-state index contributed by atoms with van der Waals surface area (Å²) in [6.45, 7) is 5.91. The highest BCUT2D eigenvalue weighted by atomic mass is 16.7. The number of benzene rings is 1. The fourth-order valence-electron chi connectivity index (χ4n) is 2.91. The number of amides is 1. The Morgan fingerprint density at radius 1 is 1.45 bits per heavy atom. The van der Waals surface area contributed by atoms with E-state index in [1.54, 1.807) is 12.1 Å². The third kappa shape index (κ3) is 2.51. The summed E-state index contributed by atoms with van der Waals surface area (Å²) in [6, 6.07) is 9.52. The SMILES string of the molecule is CON1C(C(N)=O)=C(C)N(C(C)C)C1c1cccc(C#N)c1. The molecule has 1 unspecified atom stereocenters. The highest BCUT2D eigenvalue weighted by Crippen LogP contribution is 2.40. The molecule has 0 fully saturated rings. The molecule has 1 aliphatic heterocycles. The Labute approximate surface area is 130 Å². The Balaban J connectivity index is 2.57. The fraction of sp³-hybridized carbons (Fsp3) is 0.375. The van der Waals surface area contributed by atoms with E-state index in [0.29, 0.717) is 11.3 Å². The highest BCUT2D eigenvalue weighted by Gasteiger charge is 2.41. The predicted octanol–water partition coefficient (Wildman–Crippen LogP) is 1.86. The van der Waals surface area contributed by atoms with Gasteiger partial charge in [0.25, 0.3) is 5.91 Å². The summed E-state index contributed by atoms with van der Waals surface area (Å²) in [5, 5.41) is 10.6. The number of primary amides is 1. The average Bonchev–Trinajstić information content (AvgIpc) is 2.79. The molecule has 0 bridgehead atoms. The van der Waals surface area contributed by atoms with Crippen LogP contribution in [0.2, 0.25) is 0 Å². The van der Waals surface area contributed by atoms with Crippen molar-refractivity contribution >= 4 is 5.91 Å². The van der Waals surface area contributed by atoms with Gasteiger partial charge in [-0.1, -0.05) is 12.1 Å². The Morgan fingerprint density at radius 3 is 2.64 bits per heavy atom. The highest BCUT2D eigenvalue weighted by molar-refractivity contribution is 5.92. The quantitative estimate of drug-likeness (QED) is 0.917. The van der Waals surface area contributed by atoms with Crippen LogP contribution >= 0.6 is 0 Å². The van der Waals surface area contributed by atoms with Gasteiger partial charge in [-0.15, -0.1) is 0 Å². The summed E-state index contributed by atoms with van der Waals surface area (Å²) in [5.41, 5.74) is 8.04. The predicted molar refractivity (Wildman–Crippen MR) is 81.6 cm³/mol. The smallest absolute Gasteiger partial charge is 0.269 e. The van der Waals surface area contributed by atoms with Crippen LogP contribution in [0.1, 0.15) is 38.1 Å². The second-order valence-electron chi connectivity index (χ2n) is 5.42. The van der Waals surface area contributed by atoms with Gasteiger partial charge in [-0.05, 0) is 38.5 Å². The molecule has 22 heavy (non-hydrogen) atoms. The van der Waals surface area contributed by atoms with Gasteiger partial charge in [-0.25, -0.2) is 5.06 Å². The van der Waals surface area contributed by atoms with E-state index in [0.717, 1.165) is 11.3 Å². The molecule has 2 N–H and O–H groups in total. The van der Waals surface area contributed by atoms with Crippen LogP contribution in [0, 0.1) is 11.3 Å². The summed E-state index contributed by atoms with van der Waals surface area (Å²) in [6.07, 6.45) is -0.333. The van der Waals surface area contributed by atoms with Crippen LogP contribution in [0.5, 0.6) is 0 Å². The first kappa shape index (κ1) is 15.9. The lowest BCUT2D eigenvalue weighted by molar-refractivity contribution is -0.161. The minimum absolute atomic E-state index is 0.130. The van der Waals surface area contributed by atoms with Crippen molar-refractivity contribution in [1.82, 2.24) is 9.96 Å². The van der Waals surface area contributed by atoms with E-state index in [2.05, 4.69) is 11.0 Å². The van der Waals surface area contributed by atoms with E-state index < -0.39 is 5.91 Å². The van der Waals surface area contributed by atoms with Gasteiger partial charge in [0.1, 0.15) is 5.70 Å². The van der Waals surface area contributed by atoms with Crippen LogP contribution in [0.15, 0.2) is 35.7 Å². The van der Waals surface area contributed by atoms with Gasteiger partial charge >= 0.3 is 0 Å². The molecule has 1 aromatic rings. The zero-order valence-electron chi connectivity index (χ0n) is 13.2. The fourth-order valence-corrected chi connectivity index (χ4v) is 2.91. The van der Waals surface area contributed by atoms with Gasteiger partial charge < -0.3 is 10.6 Å². The minimum atomic E-state index is -0.538. The lowest BCUT2D eigenvalue weighted by Crippen LogP contribution is -2.37. The summed E-state index contributed by atoms with van der Waals surface area (Å²) in [4.78, 5) is 19.3. The minimum Gasteiger partial charge on any atom is -0.364 e. The van der Waals surface area contributed by atoms with E-state index in [1.165, 1.54) is 12.2 Å². The Bertz CT molecular complexity index is 660. The topological polar surface area (TPSA) is 82.6 Å². The van der Waals surface area contributed by atoms with Crippen LogP contribution in [-0.4, -0.2) is 29.0 Å². The first-order valence-corrected chi connectivity index (χ1v) is 7.04. The summed E-state index contributed by atoms with van der Waals surface area (Å²) >= 11 is 0. The van der Waals surface area contributed by atoms with Gasteiger partial charge in [0.2, 0.25) is 0 Å². The first-order chi connectivity index (χ1) is 10.4. The maximum Gasteiger partial charge on any atom is 0.269 e. The van der Waals surface area contributed by atoms with Crippen LogP contribution in [0.4, 0.5) is 0 Å². The Morgan fingerprint density at radius 2 is 2.14 bits per heavy atom. The van der Waals surface area contributed by atoms with Crippen molar-refractivity contribution in [3.63, 3.8) is 0 Å². The van der Waals surface area contributed by atoms with E-state index in [1.807, 2.05) is 32.9 Å². The molecule has 6 nitrogen and oxygen atoms in total. The number of allylic oxidation sites excluding steroid dienone is 1. The number of hydroxylamine groups is 2. The normalized spacial score (nSPS) is 18.1. The molecule has 116 valence electrons. The number of hydrogen-bond acceptors (Lipinski definition) is 5. The van der Waals surface area contributed by atoms with Crippen molar-refractivity contribution in [2.45, 2.75) is 33.0 Å². The van der Waals surface area contributed by atoms with Crippen LogP contribution in [0.25, 0.3) is 0 Å². The maximum atomic E-state index is 11.8. The third-order valence-electron chi connectivity index (χ3n) is 3.74. The number of carbonyl (C=O) groups is 1. The molecule has 2 rings (SSSR count).